The van der Waals surface area contributed by atoms with Crippen LogP contribution in [0.4, 0.5) is 8.78 Å². The molecule has 0 bridgehead atoms. The first-order valence-electron chi connectivity index (χ1n) is 8.87. The number of fused-ring (bicyclic) bond motifs is 1. The molecule has 1 N–H and O–H groups in total. The fourth-order valence-electron chi connectivity index (χ4n) is 3.08. The Morgan fingerprint density at radius 1 is 1.10 bits per heavy atom. The monoisotopic (exact) mass is 429 g/mol. The van der Waals surface area contributed by atoms with E-state index in [0.29, 0.717) is 10.6 Å². The zero-order valence-corrected chi connectivity index (χ0v) is 16.1. The van der Waals surface area contributed by atoms with Gasteiger partial charge in [0, 0.05) is 28.1 Å². The van der Waals surface area contributed by atoms with Gasteiger partial charge in [0.1, 0.15) is 23.8 Å². The van der Waals surface area contributed by atoms with Crippen molar-refractivity contribution in [2.45, 2.75) is 13.0 Å². The highest BCUT2D eigenvalue weighted by Crippen LogP contribution is 2.29. The van der Waals surface area contributed by atoms with Crippen LogP contribution in [0.2, 0.25) is 5.02 Å². The van der Waals surface area contributed by atoms with Crippen LogP contribution in [0.15, 0.2) is 59.2 Å². The molecule has 2 aromatic heterocycles. The summed E-state index contributed by atoms with van der Waals surface area (Å²) >= 11 is 6.13. The van der Waals surface area contributed by atoms with E-state index in [1.165, 1.54) is 12.3 Å². The number of ether oxygens (including phenoxy) is 1. The lowest BCUT2D eigenvalue weighted by Gasteiger charge is -2.10. The minimum Gasteiger partial charge on any atom is -0.481 e. The van der Waals surface area contributed by atoms with Gasteiger partial charge in [-0.3, -0.25) is 4.79 Å². The van der Waals surface area contributed by atoms with Crippen molar-refractivity contribution >= 4 is 28.5 Å². The number of halogens is 3. The van der Waals surface area contributed by atoms with Gasteiger partial charge >= 0.3 is 5.97 Å². The highest BCUT2D eigenvalue weighted by Gasteiger charge is 2.15. The number of benzene rings is 2. The van der Waals surface area contributed by atoms with Gasteiger partial charge in [-0.05, 0) is 30.3 Å². The molecule has 0 unspecified atom stereocenters. The molecule has 5 nitrogen and oxygen atoms in total. The lowest BCUT2D eigenvalue weighted by Crippen LogP contribution is -2.04. The van der Waals surface area contributed by atoms with E-state index in [-0.39, 0.29) is 29.3 Å². The lowest BCUT2D eigenvalue weighted by molar-refractivity contribution is -0.136. The number of carboxylic acid groups (broad SMARTS) is 1. The molecule has 0 saturated heterocycles. The Kier molecular flexibility index (Phi) is 5.37. The number of aromatic nitrogens is 1. The molecule has 0 aliphatic rings. The Bertz CT molecular complexity index is 1260. The van der Waals surface area contributed by atoms with E-state index in [1.54, 1.807) is 30.3 Å². The van der Waals surface area contributed by atoms with Crippen molar-refractivity contribution in [3.8, 4) is 17.1 Å². The maximum Gasteiger partial charge on any atom is 0.307 e. The minimum atomic E-state index is -1.25. The van der Waals surface area contributed by atoms with Crippen molar-refractivity contribution in [1.82, 2.24) is 4.98 Å². The quantitative estimate of drug-likeness (QED) is 0.430. The lowest BCUT2D eigenvalue weighted by atomic mass is 10.0. The molecule has 0 aliphatic carbocycles. The van der Waals surface area contributed by atoms with Crippen molar-refractivity contribution in [3.63, 3.8) is 0 Å². The number of aliphatic carboxylic acids is 1. The molecule has 0 spiro atoms. The van der Waals surface area contributed by atoms with Crippen LogP contribution in [-0.2, 0) is 17.8 Å². The number of carboxylic acids is 1. The summed E-state index contributed by atoms with van der Waals surface area (Å²) < 4.78 is 39.8. The number of rotatable bonds is 6. The van der Waals surface area contributed by atoms with Crippen molar-refractivity contribution in [3.05, 3.63) is 82.6 Å². The maximum atomic E-state index is 14.5. The summed E-state index contributed by atoms with van der Waals surface area (Å²) in [5.41, 5.74) is 1.18. The number of hydrogen-bond acceptors (Lipinski definition) is 4. The third kappa shape index (κ3) is 3.97. The van der Waals surface area contributed by atoms with Gasteiger partial charge in [-0.1, -0.05) is 23.7 Å². The van der Waals surface area contributed by atoms with E-state index in [9.17, 15) is 13.6 Å². The Balaban J connectivity index is 1.58. The molecule has 0 amide bonds. The first kappa shape index (κ1) is 19.8. The molecular weight excluding hydrogens is 416 g/mol. The van der Waals surface area contributed by atoms with Crippen LogP contribution in [0.25, 0.3) is 22.2 Å². The third-order valence-electron chi connectivity index (χ3n) is 4.50. The minimum absolute atomic E-state index is 0.0907. The fourth-order valence-corrected chi connectivity index (χ4v) is 3.29. The summed E-state index contributed by atoms with van der Waals surface area (Å²) in [7, 11) is 0. The molecule has 2 heterocycles. The van der Waals surface area contributed by atoms with E-state index in [4.69, 9.17) is 25.9 Å². The van der Waals surface area contributed by atoms with Gasteiger partial charge in [0.25, 0.3) is 0 Å². The van der Waals surface area contributed by atoms with Gasteiger partial charge in [0.05, 0.1) is 23.4 Å². The summed E-state index contributed by atoms with van der Waals surface area (Å²) in [6, 6.07) is 11.8. The second-order valence-electron chi connectivity index (χ2n) is 6.51. The molecule has 4 aromatic rings. The van der Waals surface area contributed by atoms with Gasteiger partial charge < -0.3 is 14.3 Å². The van der Waals surface area contributed by atoms with Crippen molar-refractivity contribution < 1.29 is 27.8 Å². The molecule has 152 valence electrons. The highest BCUT2D eigenvalue weighted by atomic mass is 35.5. The smallest absolute Gasteiger partial charge is 0.307 e. The second-order valence-corrected chi connectivity index (χ2v) is 6.92. The number of carbonyl (C=O) groups is 1. The normalized spacial score (nSPS) is 11.0. The number of furan rings is 1. The molecule has 8 heteroatoms. The molecule has 0 radical (unpaired) electrons. The van der Waals surface area contributed by atoms with Crippen LogP contribution >= 0.6 is 11.6 Å². The largest absolute Gasteiger partial charge is 0.481 e. The fraction of sp³-hybridized carbons (Fsp3) is 0.0909. The van der Waals surface area contributed by atoms with Crippen LogP contribution in [-0.4, -0.2) is 16.1 Å². The Morgan fingerprint density at radius 3 is 2.73 bits per heavy atom. The Hall–Kier alpha value is -3.45. The molecule has 4 rings (SSSR count). The molecule has 0 fully saturated rings. The average molecular weight is 430 g/mol. The van der Waals surface area contributed by atoms with Crippen LogP contribution < -0.4 is 4.74 Å². The van der Waals surface area contributed by atoms with Crippen LogP contribution in [0, 0.1) is 11.6 Å². The Morgan fingerprint density at radius 2 is 1.93 bits per heavy atom. The topological polar surface area (TPSA) is 72.6 Å². The number of nitrogens with zero attached hydrogens (tertiary/aromatic N) is 1. The molecule has 0 saturated carbocycles. The Labute approximate surface area is 174 Å². The molecule has 30 heavy (non-hydrogen) atoms. The standard InChI is InChI=1S/C22H14ClF2NO4/c23-16-5-4-12(22-14(16)6-7-29-22)11-30-20-3-1-2-19(26-20)15-10-17(24)13(8-18(15)25)9-21(27)28/h1-8,10H,9,11H2,(H,27,28). The van der Waals surface area contributed by atoms with Crippen LogP contribution in [0.3, 0.4) is 0 Å². The number of pyridine rings is 1. The van der Waals surface area contributed by atoms with E-state index < -0.39 is 24.0 Å². The zero-order chi connectivity index (χ0) is 21.3. The summed E-state index contributed by atoms with van der Waals surface area (Å²) in [4.78, 5) is 15.0. The van der Waals surface area contributed by atoms with Crippen molar-refractivity contribution in [2.75, 3.05) is 0 Å². The summed E-state index contributed by atoms with van der Waals surface area (Å²) in [5.74, 6) is -2.63. The summed E-state index contributed by atoms with van der Waals surface area (Å²) in [6.45, 7) is 0.131. The van der Waals surface area contributed by atoms with E-state index >= 15 is 0 Å². The molecular formula is C22H14ClF2NO4. The van der Waals surface area contributed by atoms with Gasteiger partial charge in [-0.2, -0.15) is 0 Å². The summed E-state index contributed by atoms with van der Waals surface area (Å²) in [6.07, 6.45) is 0.923. The highest BCUT2D eigenvalue weighted by molar-refractivity contribution is 6.35. The van der Waals surface area contributed by atoms with Crippen molar-refractivity contribution in [1.29, 1.82) is 0 Å². The van der Waals surface area contributed by atoms with E-state index in [2.05, 4.69) is 4.98 Å². The van der Waals surface area contributed by atoms with E-state index in [1.807, 2.05) is 0 Å². The van der Waals surface area contributed by atoms with Gasteiger partial charge in [0.2, 0.25) is 5.88 Å². The van der Waals surface area contributed by atoms with Gasteiger partial charge in [0.15, 0.2) is 0 Å². The molecule has 0 atom stereocenters. The third-order valence-corrected chi connectivity index (χ3v) is 4.83. The molecule has 0 aliphatic heterocycles. The van der Waals surface area contributed by atoms with Gasteiger partial charge in [-0.15, -0.1) is 0 Å². The van der Waals surface area contributed by atoms with Gasteiger partial charge in [-0.25, -0.2) is 13.8 Å². The molecule has 2 aromatic carbocycles. The van der Waals surface area contributed by atoms with E-state index in [0.717, 1.165) is 23.1 Å². The van der Waals surface area contributed by atoms with Crippen molar-refractivity contribution in [2.24, 2.45) is 0 Å². The maximum absolute atomic E-state index is 14.5. The SMILES string of the molecule is O=C(O)Cc1cc(F)c(-c2cccc(OCc3ccc(Cl)c4ccoc34)n2)cc1F. The predicted molar refractivity (Wildman–Crippen MR) is 106 cm³/mol. The average Bonchev–Trinajstić information content (AvgIpc) is 3.21. The number of hydrogen-bond donors (Lipinski definition) is 1. The first-order valence-corrected chi connectivity index (χ1v) is 9.24. The zero-order valence-electron chi connectivity index (χ0n) is 15.4. The predicted octanol–water partition coefficient (Wildman–Crippen LogP) is 5.63. The summed E-state index contributed by atoms with van der Waals surface area (Å²) in [5, 5.41) is 10.1. The van der Waals surface area contributed by atoms with Crippen LogP contribution in [0.1, 0.15) is 11.1 Å². The second kappa shape index (κ2) is 8.12. The first-order chi connectivity index (χ1) is 14.4. The van der Waals surface area contributed by atoms with Crippen LogP contribution in [0.5, 0.6) is 5.88 Å².